The fourth-order valence-corrected chi connectivity index (χ4v) is 2.75. The molecule has 0 radical (unpaired) electrons. The molecule has 0 bridgehead atoms. The molecule has 0 N–H and O–H groups in total. The monoisotopic (exact) mass is 306 g/mol. The SMILES string of the molecule is CCCSCc1ccc(OCc2ccc(Cl)cc2)cc1. The summed E-state index contributed by atoms with van der Waals surface area (Å²) in [7, 11) is 0. The van der Waals surface area contributed by atoms with Crippen LogP contribution in [0.15, 0.2) is 48.5 Å². The van der Waals surface area contributed by atoms with Gasteiger partial charge in [0.2, 0.25) is 0 Å². The van der Waals surface area contributed by atoms with E-state index in [1.807, 2.05) is 48.2 Å². The first-order chi connectivity index (χ1) is 9.78. The van der Waals surface area contributed by atoms with Crippen LogP contribution in [0.25, 0.3) is 0 Å². The third kappa shape index (κ3) is 5.10. The maximum absolute atomic E-state index is 5.86. The molecule has 0 saturated carbocycles. The lowest BCUT2D eigenvalue weighted by Gasteiger charge is -2.07. The van der Waals surface area contributed by atoms with E-state index in [1.165, 1.54) is 17.7 Å². The van der Waals surface area contributed by atoms with Gasteiger partial charge in [0.1, 0.15) is 12.4 Å². The average molecular weight is 307 g/mol. The van der Waals surface area contributed by atoms with E-state index >= 15 is 0 Å². The van der Waals surface area contributed by atoms with Gasteiger partial charge in [-0.15, -0.1) is 0 Å². The third-order valence-corrected chi connectivity index (χ3v) is 4.35. The van der Waals surface area contributed by atoms with Crippen molar-refractivity contribution < 1.29 is 4.74 Å². The van der Waals surface area contributed by atoms with E-state index in [4.69, 9.17) is 16.3 Å². The molecule has 1 nitrogen and oxygen atoms in total. The fraction of sp³-hybridized carbons (Fsp3) is 0.294. The molecule has 2 aromatic carbocycles. The Balaban J connectivity index is 1.82. The quantitative estimate of drug-likeness (QED) is 0.619. The molecule has 0 aliphatic carbocycles. The van der Waals surface area contributed by atoms with Crippen LogP contribution in [-0.4, -0.2) is 5.75 Å². The Hall–Kier alpha value is -1.12. The molecule has 2 rings (SSSR count). The molecule has 0 amide bonds. The number of ether oxygens (including phenoxy) is 1. The number of rotatable bonds is 7. The highest BCUT2D eigenvalue weighted by Crippen LogP contribution is 2.18. The third-order valence-electron chi connectivity index (χ3n) is 2.86. The zero-order chi connectivity index (χ0) is 14.2. The van der Waals surface area contributed by atoms with Crippen LogP contribution in [0.3, 0.4) is 0 Å². The molecule has 0 atom stereocenters. The maximum Gasteiger partial charge on any atom is 0.119 e. The van der Waals surface area contributed by atoms with Gasteiger partial charge < -0.3 is 4.74 Å². The number of hydrogen-bond acceptors (Lipinski definition) is 2. The lowest BCUT2D eigenvalue weighted by Crippen LogP contribution is -1.95. The summed E-state index contributed by atoms with van der Waals surface area (Å²) in [6.45, 7) is 2.78. The molecule has 0 saturated heterocycles. The molecule has 0 aromatic heterocycles. The van der Waals surface area contributed by atoms with Crippen molar-refractivity contribution in [2.24, 2.45) is 0 Å². The molecule has 3 heteroatoms. The van der Waals surface area contributed by atoms with Crippen LogP contribution in [0, 0.1) is 0 Å². The molecule has 0 spiro atoms. The van der Waals surface area contributed by atoms with Gasteiger partial charge in [-0.05, 0) is 47.6 Å². The van der Waals surface area contributed by atoms with Crippen LogP contribution >= 0.6 is 23.4 Å². The van der Waals surface area contributed by atoms with Crippen molar-refractivity contribution in [1.82, 2.24) is 0 Å². The normalized spacial score (nSPS) is 10.5. The molecular formula is C17H19ClOS. The summed E-state index contributed by atoms with van der Waals surface area (Å²) in [5, 5.41) is 0.752. The Morgan fingerprint density at radius 1 is 0.950 bits per heavy atom. The van der Waals surface area contributed by atoms with Gasteiger partial charge in [-0.1, -0.05) is 42.8 Å². The van der Waals surface area contributed by atoms with Crippen molar-refractivity contribution in [1.29, 1.82) is 0 Å². The minimum Gasteiger partial charge on any atom is -0.489 e. The Morgan fingerprint density at radius 3 is 2.25 bits per heavy atom. The molecule has 0 heterocycles. The fourth-order valence-electron chi connectivity index (χ4n) is 1.76. The number of benzene rings is 2. The lowest BCUT2D eigenvalue weighted by atomic mass is 10.2. The van der Waals surface area contributed by atoms with Gasteiger partial charge >= 0.3 is 0 Å². The zero-order valence-electron chi connectivity index (χ0n) is 11.6. The lowest BCUT2D eigenvalue weighted by molar-refractivity contribution is 0.306. The number of thioether (sulfide) groups is 1. The molecule has 0 fully saturated rings. The van der Waals surface area contributed by atoms with E-state index in [2.05, 4.69) is 19.1 Å². The summed E-state index contributed by atoms with van der Waals surface area (Å²) < 4.78 is 5.76. The van der Waals surface area contributed by atoms with Crippen LogP contribution in [0.4, 0.5) is 0 Å². The summed E-state index contributed by atoms with van der Waals surface area (Å²) in [6, 6.07) is 16.1. The van der Waals surface area contributed by atoms with Gasteiger partial charge in [-0.25, -0.2) is 0 Å². The highest BCUT2D eigenvalue weighted by Gasteiger charge is 1.98. The van der Waals surface area contributed by atoms with E-state index in [9.17, 15) is 0 Å². The standard InChI is InChI=1S/C17H19ClOS/c1-2-11-20-13-15-5-9-17(10-6-15)19-12-14-3-7-16(18)8-4-14/h3-10H,2,11-13H2,1H3. The predicted octanol–water partition coefficient (Wildman–Crippen LogP) is 5.56. The van der Waals surface area contributed by atoms with Crippen molar-refractivity contribution >= 4 is 23.4 Å². The van der Waals surface area contributed by atoms with Gasteiger partial charge in [0.15, 0.2) is 0 Å². The minimum atomic E-state index is 0.571. The second-order valence-electron chi connectivity index (χ2n) is 4.61. The first kappa shape index (κ1) is 15.3. The van der Waals surface area contributed by atoms with Crippen LogP contribution in [0.2, 0.25) is 5.02 Å². The smallest absolute Gasteiger partial charge is 0.119 e. The Labute approximate surface area is 130 Å². The first-order valence-electron chi connectivity index (χ1n) is 6.82. The van der Waals surface area contributed by atoms with Crippen LogP contribution in [0.5, 0.6) is 5.75 Å². The summed E-state index contributed by atoms with van der Waals surface area (Å²) in [4.78, 5) is 0. The van der Waals surface area contributed by atoms with E-state index in [0.29, 0.717) is 6.61 Å². The molecular weight excluding hydrogens is 288 g/mol. The molecule has 0 aliphatic rings. The van der Waals surface area contributed by atoms with Crippen LogP contribution in [-0.2, 0) is 12.4 Å². The largest absolute Gasteiger partial charge is 0.489 e. The Bertz CT molecular complexity index is 508. The van der Waals surface area contributed by atoms with Crippen LogP contribution in [0.1, 0.15) is 24.5 Å². The van der Waals surface area contributed by atoms with Crippen molar-refractivity contribution in [2.75, 3.05) is 5.75 Å². The van der Waals surface area contributed by atoms with Crippen LogP contribution < -0.4 is 4.74 Å². The Kier molecular flexibility index (Phi) is 6.28. The molecule has 2 aromatic rings. The molecule has 106 valence electrons. The van der Waals surface area contributed by atoms with Gasteiger partial charge in [-0.3, -0.25) is 0 Å². The second kappa shape index (κ2) is 8.23. The van der Waals surface area contributed by atoms with E-state index in [1.54, 1.807) is 0 Å². The average Bonchev–Trinajstić information content (AvgIpc) is 2.48. The minimum absolute atomic E-state index is 0.571. The number of halogens is 1. The molecule has 0 unspecified atom stereocenters. The Morgan fingerprint density at radius 2 is 1.60 bits per heavy atom. The zero-order valence-corrected chi connectivity index (χ0v) is 13.2. The second-order valence-corrected chi connectivity index (χ2v) is 6.15. The topological polar surface area (TPSA) is 9.23 Å². The summed E-state index contributed by atoms with van der Waals surface area (Å²) in [5.74, 6) is 3.20. The van der Waals surface area contributed by atoms with Gasteiger partial charge in [0.25, 0.3) is 0 Å². The van der Waals surface area contributed by atoms with E-state index in [-0.39, 0.29) is 0 Å². The highest BCUT2D eigenvalue weighted by molar-refractivity contribution is 7.98. The van der Waals surface area contributed by atoms with E-state index in [0.717, 1.165) is 22.1 Å². The predicted molar refractivity (Wildman–Crippen MR) is 88.7 cm³/mol. The van der Waals surface area contributed by atoms with Gasteiger partial charge in [-0.2, -0.15) is 11.8 Å². The molecule has 20 heavy (non-hydrogen) atoms. The van der Waals surface area contributed by atoms with Gasteiger partial charge in [0, 0.05) is 10.8 Å². The number of hydrogen-bond donors (Lipinski definition) is 0. The summed E-state index contributed by atoms with van der Waals surface area (Å²) in [5.41, 5.74) is 2.47. The molecule has 0 aliphatic heterocycles. The van der Waals surface area contributed by atoms with Crippen molar-refractivity contribution in [3.8, 4) is 5.75 Å². The van der Waals surface area contributed by atoms with E-state index < -0.39 is 0 Å². The highest BCUT2D eigenvalue weighted by atomic mass is 35.5. The van der Waals surface area contributed by atoms with Crippen molar-refractivity contribution in [3.63, 3.8) is 0 Å². The van der Waals surface area contributed by atoms with Crippen molar-refractivity contribution in [2.45, 2.75) is 25.7 Å². The van der Waals surface area contributed by atoms with Gasteiger partial charge in [0.05, 0.1) is 0 Å². The van der Waals surface area contributed by atoms with Crippen molar-refractivity contribution in [3.05, 3.63) is 64.7 Å². The summed E-state index contributed by atoms with van der Waals surface area (Å²) >= 11 is 7.83. The first-order valence-corrected chi connectivity index (χ1v) is 8.35. The maximum atomic E-state index is 5.86. The summed E-state index contributed by atoms with van der Waals surface area (Å²) in [6.07, 6.45) is 1.23.